The van der Waals surface area contributed by atoms with Gasteiger partial charge >= 0.3 is 5.51 Å². The molecule has 1 heterocycles. The molecule has 0 bridgehead atoms. The fraction of sp³-hybridized carbons (Fsp3) is 0.214. The van der Waals surface area contributed by atoms with Crippen molar-refractivity contribution in [2.45, 2.75) is 16.9 Å². The van der Waals surface area contributed by atoms with Crippen molar-refractivity contribution in [1.29, 1.82) is 0 Å². The van der Waals surface area contributed by atoms with Crippen LogP contribution in [-0.2, 0) is 6.54 Å². The van der Waals surface area contributed by atoms with Crippen LogP contribution in [-0.4, -0.2) is 23.4 Å². The van der Waals surface area contributed by atoms with Gasteiger partial charge < -0.3 is 4.90 Å². The van der Waals surface area contributed by atoms with Gasteiger partial charge in [-0.15, -0.1) is 11.3 Å². The zero-order valence-corrected chi connectivity index (χ0v) is 13.7. The van der Waals surface area contributed by atoms with Crippen LogP contribution in [0.25, 0.3) is 0 Å². The molecular formula is C14H11ClF3NOS2. The summed E-state index contributed by atoms with van der Waals surface area (Å²) in [7, 11) is 1.63. The number of rotatable bonds is 4. The maximum absolute atomic E-state index is 12.3. The average molecular weight is 366 g/mol. The fourth-order valence-electron chi connectivity index (χ4n) is 1.76. The van der Waals surface area contributed by atoms with E-state index in [0.717, 1.165) is 4.88 Å². The van der Waals surface area contributed by atoms with Crippen LogP contribution in [0.1, 0.15) is 15.2 Å². The highest BCUT2D eigenvalue weighted by Crippen LogP contribution is 2.36. The summed E-state index contributed by atoms with van der Waals surface area (Å²) in [6.45, 7) is 0.398. The fourth-order valence-corrected chi connectivity index (χ4v) is 3.44. The first kappa shape index (κ1) is 17.2. The van der Waals surface area contributed by atoms with Crippen molar-refractivity contribution in [2.75, 3.05) is 7.05 Å². The number of amides is 1. The van der Waals surface area contributed by atoms with Gasteiger partial charge in [-0.2, -0.15) is 13.2 Å². The van der Waals surface area contributed by atoms with Gasteiger partial charge in [0.15, 0.2) is 0 Å². The van der Waals surface area contributed by atoms with Crippen molar-refractivity contribution in [2.24, 2.45) is 0 Å². The van der Waals surface area contributed by atoms with Gasteiger partial charge in [0.1, 0.15) is 0 Å². The highest BCUT2D eigenvalue weighted by Gasteiger charge is 2.29. The van der Waals surface area contributed by atoms with Gasteiger partial charge in [-0.25, -0.2) is 0 Å². The number of carbonyl (C=O) groups is 1. The molecule has 0 fully saturated rings. The van der Waals surface area contributed by atoms with Gasteiger partial charge in [0, 0.05) is 22.4 Å². The Hall–Kier alpha value is -1.18. The monoisotopic (exact) mass is 365 g/mol. The molecular weight excluding hydrogens is 355 g/mol. The van der Waals surface area contributed by atoms with Crippen LogP contribution in [0.4, 0.5) is 13.2 Å². The summed E-state index contributed by atoms with van der Waals surface area (Å²) in [6.07, 6.45) is 0. The molecule has 0 N–H and O–H groups in total. The first-order valence-corrected chi connectivity index (χ1v) is 8.11. The van der Waals surface area contributed by atoms with Crippen LogP contribution in [0.2, 0.25) is 4.34 Å². The Morgan fingerprint density at radius 2 is 1.86 bits per heavy atom. The van der Waals surface area contributed by atoms with Gasteiger partial charge in [-0.1, -0.05) is 11.6 Å². The van der Waals surface area contributed by atoms with Gasteiger partial charge in [0.05, 0.1) is 10.9 Å². The molecule has 0 saturated carbocycles. The van der Waals surface area contributed by atoms with Crippen molar-refractivity contribution in [3.05, 3.63) is 51.2 Å². The van der Waals surface area contributed by atoms with Crippen LogP contribution >= 0.6 is 34.7 Å². The standard InChI is InChI=1S/C14H11ClF3NOS2/c1-19(8-11-6-7-12(15)21-11)13(20)9-2-4-10(5-3-9)22-14(16,17)18/h2-7H,8H2,1H3. The van der Waals surface area contributed by atoms with E-state index in [1.807, 2.05) is 6.07 Å². The topological polar surface area (TPSA) is 20.3 Å². The lowest BCUT2D eigenvalue weighted by atomic mass is 10.2. The Morgan fingerprint density at radius 1 is 1.23 bits per heavy atom. The van der Waals surface area contributed by atoms with Gasteiger partial charge in [0.2, 0.25) is 0 Å². The van der Waals surface area contributed by atoms with E-state index in [-0.39, 0.29) is 22.6 Å². The Labute approximate surface area is 138 Å². The maximum Gasteiger partial charge on any atom is 0.446 e. The molecule has 0 spiro atoms. The Morgan fingerprint density at radius 3 is 2.36 bits per heavy atom. The summed E-state index contributed by atoms with van der Waals surface area (Å²) >= 11 is 7.01. The predicted octanol–water partition coefficient (Wildman–Crippen LogP) is 5.29. The summed E-state index contributed by atoms with van der Waals surface area (Å²) < 4.78 is 37.4. The van der Waals surface area contributed by atoms with E-state index in [9.17, 15) is 18.0 Å². The Balaban J connectivity index is 2.02. The minimum atomic E-state index is -4.33. The quantitative estimate of drug-likeness (QED) is 0.686. The Bertz CT molecular complexity index is 655. The van der Waals surface area contributed by atoms with Crippen LogP contribution in [0.15, 0.2) is 41.3 Å². The molecule has 0 aliphatic rings. The second-order valence-electron chi connectivity index (χ2n) is 4.44. The largest absolute Gasteiger partial charge is 0.446 e. The minimum Gasteiger partial charge on any atom is -0.337 e. The second-order valence-corrected chi connectivity index (χ2v) is 7.38. The zero-order valence-electron chi connectivity index (χ0n) is 11.4. The molecule has 1 aromatic carbocycles. The number of benzene rings is 1. The van der Waals surface area contributed by atoms with E-state index in [2.05, 4.69) is 0 Å². The summed E-state index contributed by atoms with van der Waals surface area (Å²) in [4.78, 5) is 14.7. The maximum atomic E-state index is 12.3. The smallest absolute Gasteiger partial charge is 0.337 e. The highest BCUT2D eigenvalue weighted by atomic mass is 35.5. The molecule has 0 saturated heterocycles. The molecule has 0 aliphatic heterocycles. The van der Waals surface area contributed by atoms with Crippen molar-refractivity contribution in [3.8, 4) is 0 Å². The number of hydrogen-bond donors (Lipinski definition) is 0. The molecule has 2 aromatic rings. The number of carbonyl (C=O) groups excluding carboxylic acids is 1. The summed E-state index contributed by atoms with van der Waals surface area (Å²) in [6, 6.07) is 8.97. The van der Waals surface area contributed by atoms with Crippen LogP contribution in [0.3, 0.4) is 0 Å². The van der Waals surface area contributed by atoms with Gasteiger partial charge in [-0.05, 0) is 48.2 Å². The third-order valence-electron chi connectivity index (χ3n) is 2.70. The molecule has 0 atom stereocenters. The number of halogens is 4. The van der Waals surface area contributed by atoms with Crippen LogP contribution < -0.4 is 0 Å². The van der Waals surface area contributed by atoms with E-state index < -0.39 is 5.51 Å². The van der Waals surface area contributed by atoms with Crippen molar-refractivity contribution in [3.63, 3.8) is 0 Å². The lowest BCUT2D eigenvalue weighted by Gasteiger charge is -2.16. The zero-order chi connectivity index (χ0) is 16.3. The van der Waals surface area contributed by atoms with Gasteiger partial charge in [0.25, 0.3) is 5.91 Å². The molecule has 0 unspecified atom stereocenters. The van der Waals surface area contributed by atoms with E-state index >= 15 is 0 Å². The summed E-state index contributed by atoms with van der Waals surface area (Å²) in [5, 5.41) is 0. The predicted molar refractivity (Wildman–Crippen MR) is 83.5 cm³/mol. The van der Waals surface area contributed by atoms with Crippen molar-refractivity contribution < 1.29 is 18.0 Å². The highest BCUT2D eigenvalue weighted by molar-refractivity contribution is 8.00. The van der Waals surface area contributed by atoms with E-state index in [1.54, 1.807) is 13.1 Å². The lowest BCUT2D eigenvalue weighted by molar-refractivity contribution is -0.0328. The third kappa shape index (κ3) is 4.93. The first-order chi connectivity index (χ1) is 10.2. The van der Waals surface area contributed by atoms with Crippen molar-refractivity contribution >= 4 is 40.6 Å². The second kappa shape index (κ2) is 6.93. The van der Waals surface area contributed by atoms with Crippen LogP contribution in [0.5, 0.6) is 0 Å². The van der Waals surface area contributed by atoms with E-state index in [4.69, 9.17) is 11.6 Å². The van der Waals surface area contributed by atoms with E-state index in [1.165, 1.54) is 40.5 Å². The van der Waals surface area contributed by atoms with Crippen LogP contribution in [0, 0.1) is 0 Å². The molecule has 0 radical (unpaired) electrons. The molecule has 2 nitrogen and oxygen atoms in total. The number of hydrogen-bond acceptors (Lipinski definition) is 3. The molecule has 118 valence electrons. The molecule has 0 aliphatic carbocycles. The Kier molecular flexibility index (Phi) is 5.41. The lowest BCUT2D eigenvalue weighted by Crippen LogP contribution is -2.25. The van der Waals surface area contributed by atoms with Crippen molar-refractivity contribution in [1.82, 2.24) is 4.90 Å². The molecule has 1 amide bonds. The third-order valence-corrected chi connectivity index (χ3v) is 4.66. The molecule has 22 heavy (non-hydrogen) atoms. The minimum absolute atomic E-state index is 0.0525. The SMILES string of the molecule is CN(Cc1ccc(Cl)s1)C(=O)c1ccc(SC(F)(F)F)cc1. The molecule has 1 aromatic heterocycles. The summed E-state index contributed by atoms with van der Waals surface area (Å²) in [5.41, 5.74) is -3.99. The summed E-state index contributed by atoms with van der Waals surface area (Å²) in [5.74, 6) is -0.256. The first-order valence-electron chi connectivity index (χ1n) is 6.10. The molecule has 2 rings (SSSR count). The number of thiophene rings is 1. The number of thioether (sulfide) groups is 1. The number of nitrogens with zero attached hydrogens (tertiary/aromatic N) is 1. The van der Waals surface area contributed by atoms with E-state index in [0.29, 0.717) is 16.4 Å². The average Bonchev–Trinajstić information content (AvgIpc) is 2.82. The number of alkyl halides is 3. The van der Waals surface area contributed by atoms with Gasteiger partial charge in [-0.3, -0.25) is 4.79 Å². The molecule has 8 heteroatoms. The normalized spacial score (nSPS) is 11.5.